The van der Waals surface area contributed by atoms with Gasteiger partial charge in [0.15, 0.2) is 0 Å². The molecule has 1 saturated heterocycles. The lowest BCUT2D eigenvalue weighted by Gasteiger charge is -2.44. The normalized spacial score (nSPS) is 18.9. The number of nitrogens with one attached hydrogen (secondary N) is 1. The summed E-state index contributed by atoms with van der Waals surface area (Å²) < 4.78 is 0. The summed E-state index contributed by atoms with van der Waals surface area (Å²) in [6.07, 6.45) is 2.94. The first-order chi connectivity index (χ1) is 16.8. The lowest BCUT2D eigenvalue weighted by atomic mass is 10.0. The summed E-state index contributed by atoms with van der Waals surface area (Å²) in [7, 11) is 0. The summed E-state index contributed by atoms with van der Waals surface area (Å²) in [6, 6.07) is 16.5. The topological polar surface area (TPSA) is 76.1 Å². The van der Waals surface area contributed by atoms with Gasteiger partial charge in [0.05, 0.1) is 0 Å². The van der Waals surface area contributed by atoms with E-state index < -0.39 is 5.91 Å². The molecule has 2 N–H and O–H groups in total. The van der Waals surface area contributed by atoms with Crippen molar-refractivity contribution in [3.05, 3.63) is 76.9 Å². The van der Waals surface area contributed by atoms with E-state index in [9.17, 15) is 9.59 Å². The van der Waals surface area contributed by atoms with Crippen LogP contribution in [0.3, 0.4) is 0 Å². The van der Waals surface area contributed by atoms with Crippen LogP contribution in [0.15, 0.2) is 54.6 Å². The first-order valence-corrected chi connectivity index (χ1v) is 12.4. The third-order valence-corrected chi connectivity index (χ3v) is 6.75. The number of benzene rings is 2. The first kappa shape index (κ1) is 26.6. The fourth-order valence-corrected chi connectivity index (χ4v) is 4.68. The minimum absolute atomic E-state index is 0.104. The number of carbonyl (C=O) groups excluding carboxylic acids is 2. The van der Waals surface area contributed by atoms with E-state index in [4.69, 9.17) is 5.21 Å². The molecular formula is C28H38N4O3. The van der Waals surface area contributed by atoms with Gasteiger partial charge in [0.25, 0.3) is 11.8 Å². The number of hydroxylamine groups is 1. The molecule has 1 heterocycles. The molecule has 2 aromatic carbocycles. The molecule has 0 aliphatic carbocycles. The molecule has 0 bridgehead atoms. The second-order valence-corrected chi connectivity index (χ2v) is 9.29. The average molecular weight is 479 g/mol. The van der Waals surface area contributed by atoms with E-state index in [0.29, 0.717) is 13.1 Å². The Hall–Kier alpha value is -3.00. The van der Waals surface area contributed by atoms with Crippen molar-refractivity contribution in [3.63, 3.8) is 0 Å². The van der Waals surface area contributed by atoms with Crippen LogP contribution in [-0.2, 0) is 17.9 Å². The number of rotatable bonds is 9. The fraction of sp³-hybridized carbons (Fsp3) is 0.429. The Morgan fingerprint density at radius 3 is 2.29 bits per heavy atom. The third kappa shape index (κ3) is 7.24. The Balaban J connectivity index is 1.62. The van der Waals surface area contributed by atoms with Crippen molar-refractivity contribution in [1.82, 2.24) is 20.2 Å². The van der Waals surface area contributed by atoms with Gasteiger partial charge in [-0.3, -0.25) is 24.6 Å². The van der Waals surface area contributed by atoms with Gasteiger partial charge < -0.3 is 4.90 Å². The van der Waals surface area contributed by atoms with Gasteiger partial charge >= 0.3 is 0 Å². The van der Waals surface area contributed by atoms with Gasteiger partial charge in [-0.2, -0.15) is 0 Å². The van der Waals surface area contributed by atoms with Crippen LogP contribution in [0, 0.1) is 0 Å². The zero-order valence-electron chi connectivity index (χ0n) is 21.3. The van der Waals surface area contributed by atoms with Gasteiger partial charge in [0.1, 0.15) is 0 Å². The molecule has 0 unspecified atom stereocenters. The van der Waals surface area contributed by atoms with E-state index >= 15 is 0 Å². The molecule has 0 aromatic heterocycles. The Morgan fingerprint density at radius 2 is 1.69 bits per heavy atom. The highest BCUT2D eigenvalue weighted by Crippen LogP contribution is 2.22. The van der Waals surface area contributed by atoms with E-state index in [1.54, 1.807) is 11.6 Å². The Kier molecular flexibility index (Phi) is 9.60. The summed E-state index contributed by atoms with van der Waals surface area (Å²) in [4.78, 5) is 31.3. The summed E-state index contributed by atoms with van der Waals surface area (Å²) in [5.74, 6) is -0.451. The van der Waals surface area contributed by atoms with E-state index in [0.717, 1.165) is 37.3 Å². The van der Waals surface area contributed by atoms with Gasteiger partial charge in [0, 0.05) is 49.9 Å². The van der Waals surface area contributed by atoms with Crippen LogP contribution in [0.1, 0.15) is 54.7 Å². The predicted molar refractivity (Wildman–Crippen MR) is 139 cm³/mol. The minimum atomic E-state index is -0.556. The second-order valence-electron chi connectivity index (χ2n) is 9.29. The summed E-state index contributed by atoms with van der Waals surface area (Å²) in [5, 5.41) is 8.59. The van der Waals surface area contributed by atoms with Crippen LogP contribution in [0.5, 0.6) is 0 Å². The van der Waals surface area contributed by atoms with Gasteiger partial charge in [0.2, 0.25) is 0 Å². The number of nitrogens with zero attached hydrogens (tertiary/aromatic N) is 3. The lowest BCUT2D eigenvalue weighted by molar-refractivity contribution is -0.124. The van der Waals surface area contributed by atoms with Crippen molar-refractivity contribution < 1.29 is 14.8 Å². The van der Waals surface area contributed by atoms with E-state index in [1.165, 1.54) is 17.2 Å². The molecule has 1 aliphatic heterocycles. The standard InChI is InChI=1S/C28H38N4O3/c1-5-30(6-2)19-25-8-7-9-26(16-25)28(34)31-17-21(3)32(22(4)18-31)20-24-12-10-23(11-13-24)14-15-27(33)29-35/h7-16,21-22,35H,5-6,17-20H2,1-4H3,(H,29,33)/t21-,22+. The van der Waals surface area contributed by atoms with Crippen LogP contribution in [0.25, 0.3) is 6.08 Å². The first-order valence-electron chi connectivity index (χ1n) is 12.4. The quantitative estimate of drug-likeness (QED) is 0.326. The molecule has 7 nitrogen and oxygen atoms in total. The van der Waals surface area contributed by atoms with Crippen molar-refractivity contribution >= 4 is 17.9 Å². The number of carbonyl (C=O) groups is 2. The van der Waals surface area contributed by atoms with Crippen molar-refractivity contribution in [1.29, 1.82) is 0 Å². The van der Waals surface area contributed by atoms with Crippen LogP contribution in [0.2, 0.25) is 0 Å². The van der Waals surface area contributed by atoms with E-state index in [-0.39, 0.29) is 18.0 Å². The maximum atomic E-state index is 13.3. The summed E-state index contributed by atoms with van der Waals surface area (Å²) in [6.45, 7) is 13.7. The van der Waals surface area contributed by atoms with Crippen molar-refractivity contribution in [3.8, 4) is 0 Å². The number of hydrogen-bond acceptors (Lipinski definition) is 5. The Bertz CT molecular complexity index is 1010. The number of amides is 2. The molecule has 0 radical (unpaired) electrons. The summed E-state index contributed by atoms with van der Waals surface area (Å²) in [5.41, 5.74) is 5.59. The second kappa shape index (κ2) is 12.6. The fourth-order valence-electron chi connectivity index (χ4n) is 4.68. The molecule has 1 aliphatic rings. The van der Waals surface area contributed by atoms with E-state index in [1.807, 2.05) is 35.2 Å². The molecule has 0 saturated carbocycles. The molecule has 2 aromatic rings. The average Bonchev–Trinajstić information content (AvgIpc) is 2.88. The Morgan fingerprint density at radius 1 is 1.03 bits per heavy atom. The van der Waals surface area contributed by atoms with Gasteiger partial charge in [-0.25, -0.2) is 5.48 Å². The highest BCUT2D eigenvalue weighted by atomic mass is 16.5. The molecule has 188 valence electrons. The minimum Gasteiger partial charge on any atom is -0.336 e. The maximum Gasteiger partial charge on any atom is 0.267 e. The maximum absolute atomic E-state index is 13.3. The highest BCUT2D eigenvalue weighted by molar-refractivity contribution is 5.94. The van der Waals surface area contributed by atoms with Crippen LogP contribution in [-0.4, -0.2) is 70.0 Å². The van der Waals surface area contributed by atoms with Gasteiger partial charge in [-0.05, 0) is 61.8 Å². The largest absolute Gasteiger partial charge is 0.336 e. The van der Waals surface area contributed by atoms with Gasteiger partial charge in [-0.15, -0.1) is 0 Å². The zero-order chi connectivity index (χ0) is 25.4. The predicted octanol–water partition coefficient (Wildman–Crippen LogP) is 3.78. The van der Waals surface area contributed by atoms with Crippen molar-refractivity contribution in [2.45, 2.75) is 52.9 Å². The lowest BCUT2D eigenvalue weighted by Crippen LogP contribution is -2.57. The smallest absolute Gasteiger partial charge is 0.267 e. The molecule has 2 atom stereocenters. The summed E-state index contributed by atoms with van der Waals surface area (Å²) >= 11 is 0. The van der Waals surface area contributed by atoms with Crippen LogP contribution >= 0.6 is 0 Å². The third-order valence-electron chi connectivity index (χ3n) is 6.75. The van der Waals surface area contributed by atoms with Crippen LogP contribution in [0.4, 0.5) is 0 Å². The SMILES string of the molecule is CCN(CC)Cc1cccc(C(=O)N2C[C@@H](C)N(Cc3ccc(C=CC(=O)NO)cc3)[C@@H](C)C2)c1. The monoisotopic (exact) mass is 478 g/mol. The molecular weight excluding hydrogens is 440 g/mol. The van der Waals surface area contributed by atoms with Crippen molar-refractivity contribution in [2.24, 2.45) is 0 Å². The molecule has 7 heteroatoms. The van der Waals surface area contributed by atoms with Crippen LogP contribution < -0.4 is 5.48 Å². The molecule has 0 spiro atoms. The zero-order valence-corrected chi connectivity index (χ0v) is 21.3. The Labute approximate surface area is 209 Å². The van der Waals surface area contributed by atoms with Crippen molar-refractivity contribution in [2.75, 3.05) is 26.2 Å². The van der Waals surface area contributed by atoms with E-state index in [2.05, 4.69) is 55.7 Å². The number of hydrogen-bond donors (Lipinski definition) is 2. The number of piperazine rings is 1. The molecule has 3 rings (SSSR count). The highest BCUT2D eigenvalue weighted by Gasteiger charge is 2.32. The van der Waals surface area contributed by atoms with Gasteiger partial charge in [-0.1, -0.05) is 50.2 Å². The molecule has 35 heavy (non-hydrogen) atoms. The molecule has 2 amide bonds. The molecule has 1 fully saturated rings.